The Balaban J connectivity index is 1.62. The van der Waals surface area contributed by atoms with Crippen LogP contribution in [0.25, 0.3) is 0 Å². The van der Waals surface area contributed by atoms with Gasteiger partial charge in [0.2, 0.25) is 0 Å². The number of methoxy groups -OCH3 is 1. The number of nitrogens with zero attached hydrogens (tertiary/aromatic N) is 1. The second kappa shape index (κ2) is 7.09. The van der Waals surface area contributed by atoms with Crippen molar-refractivity contribution in [1.82, 2.24) is 10.2 Å². The van der Waals surface area contributed by atoms with Crippen LogP contribution in [-0.2, 0) is 21.4 Å². The summed E-state index contributed by atoms with van der Waals surface area (Å²) in [6, 6.07) is 3.25. The van der Waals surface area contributed by atoms with Crippen molar-refractivity contribution < 1.29 is 24.5 Å². The Labute approximate surface area is 183 Å². The van der Waals surface area contributed by atoms with Crippen molar-refractivity contribution in [1.29, 1.82) is 0 Å². The molecular formula is C24H34N2O5. The Morgan fingerprint density at radius 3 is 2.84 bits per heavy atom. The van der Waals surface area contributed by atoms with Gasteiger partial charge in [-0.3, -0.25) is 10.1 Å². The fourth-order valence-electron chi connectivity index (χ4n) is 7.28. The van der Waals surface area contributed by atoms with Gasteiger partial charge in [0.25, 0.3) is 0 Å². The van der Waals surface area contributed by atoms with Gasteiger partial charge in [-0.25, -0.2) is 0 Å². The molecule has 6 atom stereocenters. The number of nitrogens with one attached hydrogen (secondary N) is 1. The SMILES string of the molecule is CO[C@@]12CC[C@H](NC(CC(C)C)C(=O)O)[C@@H]3Oc4c(O)ccc5c4[C@@]31CCN(C)C2C5. The molecule has 170 valence electrons. The third-order valence-corrected chi connectivity index (χ3v) is 8.47. The molecule has 1 aromatic rings. The van der Waals surface area contributed by atoms with Gasteiger partial charge in [0.05, 0.1) is 11.0 Å². The number of rotatable bonds is 6. The highest BCUT2D eigenvalue weighted by molar-refractivity contribution is 5.73. The van der Waals surface area contributed by atoms with Crippen LogP contribution in [0.2, 0.25) is 0 Å². The molecule has 7 heteroatoms. The Morgan fingerprint density at radius 1 is 1.39 bits per heavy atom. The van der Waals surface area contributed by atoms with Crippen LogP contribution < -0.4 is 10.1 Å². The number of hydrogen-bond acceptors (Lipinski definition) is 6. The predicted octanol–water partition coefficient (Wildman–Crippen LogP) is 2.29. The van der Waals surface area contributed by atoms with Gasteiger partial charge in [-0.1, -0.05) is 19.9 Å². The first kappa shape index (κ1) is 21.0. The zero-order valence-electron chi connectivity index (χ0n) is 18.9. The first-order valence-electron chi connectivity index (χ1n) is 11.5. The summed E-state index contributed by atoms with van der Waals surface area (Å²) in [6.45, 7) is 5.01. The molecule has 1 saturated heterocycles. The van der Waals surface area contributed by atoms with Crippen molar-refractivity contribution in [3.8, 4) is 11.5 Å². The van der Waals surface area contributed by atoms with E-state index in [1.807, 2.05) is 27.0 Å². The highest BCUT2D eigenvalue weighted by atomic mass is 16.5. The lowest BCUT2D eigenvalue weighted by atomic mass is 9.48. The van der Waals surface area contributed by atoms with Crippen molar-refractivity contribution in [2.24, 2.45) is 5.92 Å². The highest BCUT2D eigenvalue weighted by Gasteiger charge is 2.73. The van der Waals surface area contributed by atoms with E-state index in [2.05, 4.69) is 17.3 Å². The van der Waals surface area contributed by atoms with Crippen LogP contribution in [0.5, 0.6) is 11.5 Å². The third-order valence-electron chi connectivity index (χ3n) is 8.47. The number of piperidine rings is 1. The summed E-state index contributed by atoms with van der Waals surface area (Å²) in [4.78, 5) is 14.4. The Kier molecular flexibility index (Phi) is 4.81. The lowest BCUT2D eigenvalue weighted by Crippen LogP contribution is -2.78. The average Bonchev–Trinajstić information content (AvgIpc) is 3.08. The molecule has 3 N–H and O–H groups in total. The summed E-state index contributed by atoms with van der Waals surface area (Å²) in [5.74, 6) is 0.198. The van der Waals surface area contributed by atoms with E-state index in [0.717, 1.165) is 37.8 Å². The van der Waals surface area contributed by atoms with E-state index in [1.165, 1.54) is 5.56 Å². The monoisotopic (exact) mass is 430 g/mol. The standard InChI is InChI=1S/C24H34N2O5/c1-13(2)11-16(22(28)29)25-15-7-8-24(30-4)18-12-14-5-6-17(27)20-19(14)23(24,21(15)31-20)9-10-26(18)3/h5-6,13,15-16,18,21,25,27H,7-12H2,1-4H3,(H,28,29)/t15-,16?,18?,21-,23-,24+/m0/s1. The molecule has 2 aliphatic carbocycles. The molecule has 2 bridgehead atoms. The van der Waals surface area contributed by atoms with Gasteiger partial charge in [-0.15, -0.1) is 0 Å². The first-order valence-corrected chi connectivity index (χ1v) is 11.5. The molecule has 5 rings (SSSR count). The number of aromatic hydroxyl groups is 1. The van der Waals surface area contributed by atoms with Crippen molar-refractivity contribution in [3.05, 3.63) is 23.3 Å². The van der Waals surface area contributed by atoms with Gasteiger partial charge >= 0.3 is 5.97 Å². The van der Waals surface area contributed by atoms with Gasteiger partial charge in [0.1, 0.15) is 12.1 Å². The first-order chi connectivity index (χ1) is 14.7. The molecule has 4 aliphatic rings. The molecule has 1 spiro atoms. The molecule has 2 heterocycles. The van der Waals surface area contributed by atoms with Crippen LogP contribution in [-0.4, -0.2) is 71.6 Å². The minimum atomic E-state index is -0.821. The zero-order chi connectivity index (χ0) is 22.1. The maximum absolute atomic E-state index is 12.0. The Morgan fingerprint density at radius 2 is 2.16 bits per heavy atom. The van der Waals surface area contributed by atoms with Gasteiger partial charge < -0.3 is 24.6 Å². The molecule has 1 saturated carbocycles. The molecule has 2 unspecified atom stereocenters. The van der Waals surface area contributed by atoms with Crippen LogP contribution in [0.3, 0.4) is 0 Å². The van der Waals surface area contributed by atoms with E-state index in [9.17, 15) is 15.0 Å². The number of carboxylic acid groups (broad SMARTS) is 1. The molecular weight excluding hydrogens is 396 g/mol. The predicted molar refractivity (Wildman–Crippen MR) is 116 cm³/mol. The van der Waals surface area contributed by atoms with Crippen molar-refractivity contribution in [2.75, 3.05) is 20.7 Å². The topological polar surface area (TPSA) is 91.3 Å². The second-order valence-corrected chi connectivity index (χ2v) is 10.3. The molecule has 7 nitrogen and oxygen atoms in total. The van der Waals surface area contributed by atoms with E-state index in [4.69, 9.17) is 9.47 Å². The van der Waals surface area contributed by atoms with Crippen molar-refractivity contribution in [2.45, 2.75) is 81.2 Å². The fourth-order valence-corrected chi connectivity index (χ4v) is 7.28. The van der Waals surface area contributed by atoms with Gasteiger partial charge in [0.15, 0.2) is 11.5 Å². The molecule has 2 aliphatic heterocycles. The van der Waals surface area contributed by atoms with Crippen molar-refractivity contribution >= 4 is 5.97 Å². The Bertz CT molecular complexity index is 904. The maximum Gasteiger partial charge on any atom is 0.320 e. The molecule has 31 heavy (non-hydrogen) atoms. The van der Waals surface area contributed by atoms with Crippen LogP contribution in [0.4, 0.5) is 0 Å². The summed E-state index contributed by atoms with van der Waals surface area (Å²) in [7, 11) is 3.98. The molecule has 0 radical (unpaired) electrons. The number of likely N-dealkylation sites (tertiary alicyclic amines) is 1. The Hall–Kier alpha value is -1.83. The van der Waals surface area contributed by atoms with Crippen LogP contribution in [0, 0.1) is 5.92 Å². The number of phenolic OH excluding ortho intramolecular Hbond substituents is 1. The largest absolute Gasteiger partial charge is 0.504 e. The van der Waals surface area contributed by atoms with Gasteiger partial charge in [-0.2, -0.15) is 0 Å². The molecule has 2 fully saturated rings. The molecule has 0 amide bonds. The van der Waals surface area contributed by atoms with E-state index < -0.39 is 23.0 Å². The number of benzene rings is 1. The van der Waals surface area contributed by atoms with Gasteiger partial charge in [0, 0.05) is 24.8 Å². The third kappa shape index (κ3) is 2.66. The summed E-state index contributed by atoms with van der Waals surface area (Å²) in [6.07, 6.45) is 3.63. The minimum absolute atomic E-state index is 0.120. The van der Waals surface area contributed by atoms with Crippen molar-refractivity contribution in [3.63, 3.8) is 0 Å². The maximum atomic E-state index is 12.0. The minimum Gasteiger partial charge on any atom is -0.504 e. The summed E-state index contributed by atoms with van der Waals surface area (Å²) in [5.41, 5.74) is 1.52. The lowest BCUT2D eigenvalue weighted by Gasteiger charge is -2.65. The normalized spacial score (nSPS) is 36.7. The number of ether oxygens (including phenoxy) is 2. The quantitative estimate of drug-likeness (QED) is 0.638. The lowest BCUT2D eigenvalue weighted by molar-refractivity contribution is -0.204. The summed E-state index contributed by atoms with van der Waals surface area (Å²) < 4.78 is 13.0. The van der Waals surface area contributed by atoms with Crippen LogP contribution in [0.15, 0.2) is 12.1 Å². The van der Waals surface area contributed by atoms with Gasteiger partial charge in [-0.05, 0) is 63.2 Å². The fraction of sp³-hybridized carbons (Fsp3) is 0.708. The summed E-state index contributed by atoms with van der Waals surface area (Å²) in [5, 5.41) is 24.0. The summed E-state index contributed by atoms with van der Waals surface area (Å²) >= 11 is 0. The zero-order valence-corrected chi connectivity index (χ0v) is 18.9. The number of hydrogen-bond donors (Lipinski definition) is 3. The van der Waals surface area contributed by atoms with E-state index in [0.29, 0.717) is 12.2 Å². The number of carbonyl (C=O) groups is 1. The average molecular weight is 431 g/mol. The molecule has 0 aromatic heterocycles. The van der Waals surface area contributed by atoms with E-state index >= 15 is 0 Å². The number of aliphatic carboxylic acids is 1. The van der Waals surface area contributed by atoms with E-state index in [1.54, 1.807) is 6.07 Å². The molecule has 1 aromatic carbocycles. The number of phenols is 1. The van der Waals surface area contributed by atoms with Crippen LogP contribution >= 0.6 is 0 Å². The smallest absolute Gasteiger partial charge is 0.320 e. The van der Waals surface area contributed by atoms with E-state index in [-0.39, 0.29) is 29.9 Å². The second-order valence-electron chi connectivity index (χ2n) is 10.3. The van der Waals surface area contributed by atoms with Crippen LogP contribution in [0.1, 0.15) is 50.7 Å². The number of likely N-dealkylation sites (N-methyl/N-ethyl adjacent to an activating group) is 1. The number of carboxylic acids is 1. The highest BCUT2D eigenvalue weighted by Crippen LogP contribution is 2.66.